The second kappa shape index (κ2) is 9.50. The number of amides is 1. The Bertz CT molecular complexity index is 471. The van der Waals surface area contributed by atoms with Crippen molar-refractivity contribution in [1.29, 1.82) is 0 Å². The maximum Gasteiger partial charge on any atom is 0.227 e. The summed E-state index contributed by atoms with van der Waals surface area (Å²) in [6.45, 7) is 8.95. The van der Waals surface area contributed by atoms with Crippen LogP contribution >= 0.6 is 36.3 Å². The summed E-state index contributed by atoms with van der Waals surface area (Å²) in [5, 5.41) is 0.956. The Balaban J connectivity index is 0.00000220. The van der Waals surface area contributed by atoms with E-state index in [1.54, 1.807) is 0 Å². The van der Waals surface area contributed by atoms with E-state index in [0.29, 0.717) is 0 Å². The van der Waals surface area contributed by atoms with Crippen LogP contribution in [0.5, 0.6) is 0 Å². The average molecular weight is 370 g/mol. The van der Waals surface area contributed by atoms with Crippen LogP contribution in [0.3, 0.4) is 0 Å². The topological polar surface area (TPSA) is 75.4 Å². The smallest absolute Gasteiger partial charge is 0.227 e. The van der Waals surface area contributed by atoms with Gasteiger partial charge in [-0.2, -0.15) is 4.37 Å². The quantitative estimate of drug-likeness (QED) is 0.877. The average Bonchev–Trinajstić information content (AvgIpc) is 2.71. The zero-order valence-corrected chi connectivity index (χ0v) is 15.6. The van der Waals surface area contributed by atoms with Gasteiger partial charge in [0.2, 0.25) is 11.0 Å². The molecule has 128 valence electrons. The van der Waals surface area contributed by atoms with Crippen molar-refractivity contribution in [3.8, 4) is 0 Å². The maximum atomic E-state index is 12.3. The molecule has 2 unspecified atom stereocenters. The lowest BCUT2D eigenvalue weighted by Crippen LogP contribution is -2.43. The molecule has 2 heterocycles. The Morgan fingerprint density at radius 3 is 2.45 bits per heavy atom. The molecule has 0 aliphatic carbocycles. The Morgan fingerprint density at radius 2 is 1.91 bits per heavy atom. The standard InChI is InChI=1S/C13H23N5OS.2ClH/c1-9(10(2)14)12(19)17-5-4-6-18(8-7-17)13-15-11(3)16-20-13;;/h9-10H,4-8,14H2,1-3H3;2*1H. The second-order valence-corrected chi connectivity index (χ2v) is 6.17. The van der Waals surface area contributed by atoms with Gasteiger partial charge in [-0.3, -0.25) is 4.79 Å². The molecule has 1 aliphatic heterocycles. The molecule has 0 radical (unpaired) electrons. The fraction of sp³-hybridized carbons (Fsp3) is 0.769. The van der Waals surface area contributed by atoms with Crippen LogP contribution < -0.4 is 10.6 Å². The predicted octanol–water partition coefficient (Wildman–Crippen LogP) is 1.71. The van der Waals surface area contributed by atoms with Crippen LogP contribution in [-0.4, -0.2) is 52.4 Å². The minimum atomic E-state index is -0.120. The minimum absolute atomic E-state index is 0. The highest BCUT2D eigenvalue weighted by atomic mass is 35.5. The van der Waals surface area contributed by atoms with Crippen molar-refractivity contribution in [1.82, 2.24) is 14.3 Å². The van der Waals surface area contributed by atoms with Crippen LogP contribution in [0.4, 0.5) is 5.13 Å². The van der Waals surface area contributed by atoms with Crippen LogP contribution in [0.25, 0.3) is 0 Å². The lowest BCUT2D eigenvalue weighted by Gasteiger charge is -2.26. The molecule has 0 saturated carbocycles. The summed E-state index contributed by atoms with van der Waals surface area (Å²) in [4.78, 5) is 20.9. The van der Waals surface area contributed by atoms with Crippen LogP contribution in [0.2, 0.25) is 0 Å². The van der Waals surface area contributed by atoms with E-state index in [1.807, 2.05) is 25.7 Å². The molecule has 0 bridgehead atoms. The second-order valence-electron chi connectivity index (χ2n) is 5.44. The number of aryl methyl sites for hydroxylation is 1. The molecule has 2 atom stereocenters. The first kappa shape index (κ1) is 21.4. The normalized spacial score (nSPS) is 17.8. The van der Waals surface area contributed by atoms with Crippen molar-refractivity contribution in [2.45, 2.75) is 33.2 Å². The molecule has 2 N–H and O–H groups in total. The van der Waals surface area contributed by atoms with Gasteiger partial charge in [-0.1, -0.05) is 6.92 Å². The molecule has 9 heteroatoms. The molecule has 0 aromatic carbocycles. The molecule has 6 nitrogen and oxygen atoms in total. The SMILES string of the molecule is Cc1nsc(N2CCCN(C(=O)C(C)C(C)N)CC2)n1.Cl.Cl. The third-order valence-electron chi connectivity index (χ3n) is 3.77. The van der Waals surface area contributed by atoms with Crippen molar-refractivity contribution in [2.24, 2.45) is 11.7 Å². The monoisotopic (exact) mass is 369 g/mol. The van der Waals surface area contributed by atoms with Crippen LogP contribution in [0.15, 0.2) is 0 Å². The number of carbonyl (C=O) groups is 1. The molecule has 2 rings (SSSR count). The predicted molar refractivity (Wildman–Crippen MR) is 95.4 cm³/mol. The summed E-state index contributed by atoms with van der Waals surface area (Å²) in [6.07, 6.45) is 0.954. The van der Waals surface area contributed by atoms with E-state index in [4.69, 9.17) is 5.73 Å². The summed E-state index contributed by atoms with van der Waals surface area (Å²) in [5.41, 5.74) is 5.83. The molecule has 1 aromatic heterocycles. The fourth-order valence-electron chi connectivity index (χ4n) is 2.26. The first-order chi connectivity index (χ1) is 9.49. The van der Waals surface area contributed by atoms with Gasteiger partial charge in [-0.05, 0) is 20.3 Å². The highest BCUT2D eigenvalue weighted by Gasteiger charge is 2.26. The van der Waals surface area contributed by atoms with E-state index >= 15 is 0 Å². The number of nitrogens with zero attached hydrogens (tertiary/aromatic N) is 4. The highest BCUT2D eigenvalue weighted by molar-refractivity contribution is 7.09. The number of rotatable bonds is 3. The van der Waals surface area contributed by atoms with Gasteiger partial charge in [0.15, 0.2) is 0 Å². The van der Waals surface area contributed by atoms with Gasteiger partial charge in [0.1, 0.15) is 5.82 Å². The Morgan fingerprint density at radius 1 is 1.23 bits per heavy atom. The molecular weight excluding hydrogens is 345 g/mol. The third-order valence-corrected chi connectivity index (χ3v) is 4.64. The zero-order valence-electron chi connectivity index (χ0n) is 13.2. The molecule has 1 amide bonds. The number of hydrogen-bond acceptors (Lipinski definition) is 6. The molecule has 0 spiro atoms. The van der Waals surface area contributed by atoms with E-state index in [-0.39, 0.29) is 42.7 Å². The van der Waals surface area contributed by atoms with E-state index in [0.717, 1.165) is 43.6 Å². The maximum absolute atomic E-state index is 12.3. The molecular formula is C13H25Cl2N5OS. The van der Waals surface area contributed by atoms with E-state index < -0.39 is 0 Å². The summed E-state index contributed by atoms with van der Waals surface area (Å²) in [7, 11) is 0. The van der Waals surface area contributed by atoms with Crippen molar-refractivity contribution >= 4 is 47.4 Å². The van der Waals surface area contributed by atoms with Gasteiger partial charge in [0, 0.05) is 43.8 Å². The number of aromatic nitrogens is 2. The number of nitrogens with two attached hydrogens (primary N) is 1. The fourth-order valence-corrected chi connectivity index (χ4v) is 2.98. The van der Waals surface area contributed by atoms with Crippen LogP contribution in [-0.2, 0) is 4.79 Å². The summed E-state index contributed by atoms with van der Waals surface area (Å²) >= 11 is 1.43. The number of carbonyl (C=O) groups excluding carboxylic acids is 1. The first-order valence-electron chi connectivity index (χ1n) is 7.08. The largest absolute Gasteiger partial charge is 0.345 e. The molecule has 1 fully saturated rings. The van der Waals surface area contributed by atoms with Gasteiger partial charge in [0.05, 0.1) is 5.92 Å². The highest BCUT2D eigenvalue weighted by Crippen LogP contribution is 2.19. The summed E-state index contributed by atoms with van der Waals surface area (Å²) in [5.74, 6) is 0.855. The molecule has 1 aliphatic rings. The van der Waals surface area contributed by atoms with Gasteiger partial charge in [-0.15, -0.1) is 24.8 Å². The van der Waals surface area contributed by atoms with E-state index in [9.17, 15) is 4.79 Å². The molecule has 1 aromatic rings. The van der Waals surface area contributed by atoms with Gasteiger partial charge < -0.3 is 15.5 Å². The lowest BCUT2D eigenvalue weighted by molar-refractivity contribution is -0.135. The van der Waals surface area contributed by atoms with Gasteiger partial charge in [-0.25, -0.2) is 4.98 Å². The molecule has 22 heavy (non-hydrogen) atoms. The van der Waals surface area contributed by atoms with Gasteiger partial charge in [0.25, 0.3) is 0 Å². The molecule has 1 saturated heterocycles. The van der Waals surface area contributed by atoms with Crippen LogP contribution in [0, 0.1) is 12.8 Å². The Hall–Kier alpha value is -0.630. The van der Waals surface area contributed by atoms with Crippen molar-refractivity contribution in [3.05, 3.63) is 5.82 Å². The number of anilines is 1. The summed E-state index contributed by atoms with van der Waals surface area (Å²) in [6, 6.07) is -0.104. The van der Waals surface area contributed by atoms with E-state index in [2.05, 4.69) is 14.3 Å². The minimum Gasteiger partial charge on any atom is -0.345 e. The Kier molecular flexibility index (Phi) is 9.22. The number of halogens is 2. The van der Waals surface area contributed by atoms with E-state index in [1.165, 1.54) is 11.5 Å². The Labute approximate surface area is 148 Å². The summed E-state index contributed by atoms with van der Waals surface area (Å²) < 4.78 is 4.22. The first-order valence-corrected chi connectivity index (χ1v) is 7.86. The van der Waals surface area contributed by atoms with Crippen LogP contribution in [0.1, 0.15) is 26.1 Å². The van der Waals surface area contributed by atoms with Crippen molar-refractivity contribution in [2.75, 3.05) is 31.1 Å². The van der Waals surface area contributed by atoms with Gasteiger partial charge >= 0.3 is 0 Å². The van der Waals surface area contributed by atoms with Crippen molar-refractivity contribution < 1.29 is 4.79 Å². The zero-order chi connectivity index (χ0) is 14.7. The van der Waals surface area contributed by atoms with Crippen molar-refractivity contribution in [3.63, 3.8) is 0 Å². The lowest BCUT2D eigenvalue weighted by atomic mass is 10.0. The number of hydrogen-bond donors (Lipinski definition) is 1. The third kappa shape index (κ3) is 5.22.